The number of sulfonamides is 1. The van der Waals surface area contributed by atoms with Gasteiger partial charge in [-0.1, -0.05) is 11.6 Å². The average molecular weight is 306 g/mol. The van der Waals surface area contributed by atoms with Gasteiger partial charge in [0, 0.05) is 19.3 Å². The highest BCUT2D eigenvalue weighted by molar-refractivity contribution is 7.89. The molecule has 106 valence electrons. The van der Waals surface area contributed by atoms with Gasteiger partial charge >= 0.3 is 0 Å². The van der Waals surface area contributed by atoms with Gasteiger partial charge in [-0.3, -0.25) is 0 Å². The second-order valence-electron chi connectivity index (χ2n) is 4.30. The van der Waals surface area contributed by atoms with Crippen molar-refractivity contribution in [3.8, 4) is 5.75 Å². The van der Waals surface area contributed by atoms with Crippen LogP contribution >= 0.6 is 11.6 Å². The molecule has 19 heavy (non-hydrogen) atoms. The molecule has 1 aromatic rings. The highest BCUT2D eigenvalue weighted by atomic mass is 35.5. The summed E-state index contributed by atoms with van der Waals surface area (Å²) in [7, 11) is -2.07. The molecule has 0 saturated carbocycles. The molecule has 1 aromatic carbocycles. The zero-order valence-corrected chi connectivity index (χ0v) is 12.1. The van der Waals surface area contributed by atoms with Crippen LogP contribution in [0.4, 0.5) is 0 Å². The number of ether oxygens (including phenoxy) is 2. The summed E-state index contributed by atoms with van der Waals surface area (Å²) < 4.78 is 37.3. The van der Waals surface area contributed by atoms with E-state index in [1.54, 1.807) is 6.07 Å². The Labute approximate surface area is 117 Å². The quantitative estimate of drug-likeness (QED) is 0.921. The van der Waals surface area contributed by atoms with Crippen LogP contribution in [0.15, 0.2) is 23.1 Å². The van der Waals surface area contributed by atoms with Crippen LogP contribution in [0.1, 0.15) is 12.8 Å². The van der Waals surface area contributed by atoms with Crippen LogP contribution in [-0.4, -0.2) is 34.8 Å². The van der Waals surface area contributed by atoms with Crippen molar-refractivity contribution in [2.24, 2.45) is 0 Å². The second kappa shape index (κ2) is 6.09. The van der Waals surface area contributed by atoms with E-state index < -0.39 is 10.0 Å². The van der Waals surface area contributed by atoms with Gasteiger partial charge in [0.2, 0.25) is 10.0 Å². The Balaban J connectivity index is 2.16. The fourth-order valence-electron chi connectivity index (χ4n) is 1.92. The van der Waals surface area contributed by atoms with Crippen LogP contribution in [0.2, 0.25) is 5.02 Å². The maximum absolute atomic E-state index is 12.2. The number of methoxy groups -OCH3 is 1. The Bertz CT molecular complexity index is 541. The van der Waals surface area contributed by atoms with Crippen molar-refractivity contribution in [3.63, 3.8) is 0 Å². The SMILES string of the molecule is COc1ccc(S(=O)(=O)NC2CCOCC2)cc1Cl. The molecule has 1 saturated heterocycles. The predicted octanol–water partition coefficient (Wildman–Crippen LogP) is 1.81. The summed E-state index contributed by atoms with van der Waals surface area (Å²) in [5.74, 6) is 0.451. The Morgan fingerprint density at radius 2 is 2.05 bits per heavy atom. The van der Waals surface area contributed by atoms with E-state index in [0.717, 1.165) is 0 Å². The lowest BCUT2D eigenvalue weighted by Crippen LogP contribution is -2.38. The molecule has 0 atom stereocenters. The third-order valence-electron chi connectivity index (χ3n) is 2.98. The number of rotatable bonds is 4. The van der Waals surface area contributed by atoms with E-state index >= 15 is 0 Å². The van der Waals surface area contributed by atoms with Gasteiger partial charge in [0.05, 0.1) is 17.0 Å². The Morgan fingerprint density at radius 3 is 2.63 bits per heavy atom. The van der Waals surface area contributed by atoms with Gasteiger partial charge in [-0.25, -0.2) is 13.1 Å². The van der Waals surface area contributed by atoms with Crippen LogP contribution in [0.25, 0.3) is 0 Å². The molecule has 7 heteroatoms. The highest BCUT2D eigenvalue weighted by Gasteiger charge is 2.22. The van der Waals surface area contributed by atoms with Crippen molar-refractivity contribution in [1.29, 1.82) is 0 Å². The summed E-state index contributed by atoms with van der Waals surface area (Å²) in [6.45, 7) is 1.16. The maximum atomic E-state index is 12.2. The molecule has 5 nitrogen and oxygen atoms in total. The standard InChI is InChI=1S/C12H16ClNO4S/c1-17-12-3-2-10(8-11(12)13)19(15,16)14-9-4-6-18-7-5-9/h2-3,8-9,14H,4-7H2,1H3. The normalized spacial score (nSPS) is 17.4. The molecule has 1 N–H and O–H groups in total. The Kier molecular flexibility index (Phi) is 4.67. The van der Waals surface area contributed by atoms with Crippen molar-refractivity contribution in [3.05, 3.63) is 23.2 Å². The lowest BCUT2D eigenvalue weighted by molar-refractivity contribution is 0.0832. The van der Waals surface area contributed by atoms with E-state index in [4.69, 9.17) is 21.1 Å². The number of halogens is 1. The van der Waals surface area contributed by atoms with Crippen molar-refractivity contribution >= 4 is 21.6 Å². The summed E-state index contributed by atoms with van der Waals surface area (Å²) in [5.41, 5.74) is 0. The number of hydrogen-bond donors (Lipinski definition) is 1. The van der Waals surface area contributed by atoms with Crippen LogP contribution in [0, 0.1) is 0 Å². The first-order valence-electron chi connectivity index (χ1n) is 5.96. The minimum absolute atomic E-state index is 0.0837. The van der Waals surface area contributed by atoms with E-state index in [-0.39, 0.29) is 16.0 Å². The van der Waals surface area contributed by atoms with E-state index in [9.17, 15) is 8.42 Å². The van der Waals surface area contributed by atoms with E-state index in [1.165, 1.54) is 19.2 Å². The number of benzene rings is 1. The molecular weight excluding hydrogens is 290 g/mol. The molecule has 0 spiro atoms. The monoisotopic (exact) mass is 305 g/mol. The molecule has 1 aliphatic heterocycles. The van der Waals surface area contributed by atoms with Crippen LogP contribution in [-0.2, 0) is 14.8 Å². The molecule has 0 bridgehead atoms. The van der Waals surface area contributed by atoms with Crippen LogP contribution in [0.5, 0.6) is 5.75 Å². The van der Waals surface area contributed by atoms with Gasteiger partial charge in [0.1, 0.15) is 5.75 Å². The minimum Gasteiger partial charge on any atom is -0.495 e. The van der Waals surface area contributed by atoms with Gasteiger partial charge in [-0.2, -0.15) is 0 Å². The first-order valence-corrected chi connectivity index (χ1v) is 7.82. The molecule has 0 amide bonds. The van der Waals surface area contributed by atoms with Gasteiger partial charge < -0.3 is 9.47 Å². The summed E-state index contributed by atoms with van der Waals surface area (Å²) in [5, 5.41) is 0.275. The molecule has 0 aliphatic carbocycles. The number of nitrogens with one attached hydrogen (secondary N) is 1. The molecule has 0 radical (unpaired) electrons. The summed E-state index contributed by atoms with van der Waals surface area (Å²) in [6.07, 6.45) is 1.37. The van der Waals surface area contributed by atoms with E-state index in [0.29, 0.717) is 31.8 Å². The Hall–Kier alpha value is -0.820. The lowest BCUT2D eigenvalue weighted by Gasteiger charge is -2.23. The predicted molar refractivity (Wildman–Crippen MR) is 72.2 cm³/mol. The number of hydrogen-bond acceptors (Lipinski definition) is 4. The molecule has 1 heterocycles. The van der Waals surface area contributed by atoms with Crippen molar-refractivity contribution < 1.29 is 17.9 Å². The topological polar surface area (TPSA) is 64.6 Å². The highest BCUT2D eigenvalue weighted by Crippen LogP contribution is 2.27. The molecule has 0 aromatic heterocycles. The maximum Gasteiger partial charge on any atom is 0.240 e. The van der Waals surface area contributed by atoms with Gasteiger partial charge in [0.25, 0.3) is 0 Å². The van der Waals surface area contributed by atoms with Gasteiger partial charge in [-0.05, 0) is 31.0 Å². The third kappa shape index (κ3) is 3.60. The fraction of sp³-hybridized carbons (Fsp3) is 0.500. The van der Waals surface area contributed by atoms with Gasteiger partial charge in [0.15, 0.2) is 0 Å². The van der Waals surface area contributed by atoms with Crippen molar-refractivity contribution in [2.75, 3.05) is 20.3 Å². The lowest BCUT2D eigenvalue weighted by atomic mass is 10.1. The molecule has 2 rings (SSSR count). The zero-order valence-electron chi connectivity index (χ0n) is 10.6. The molecule has 1 aliphatic rings. The summed E-state index contributed by atoms with van der Waals surface area (Å²) in [4.78, 5) is 0.143. The molecular formula is C12H16ClNO4S. The minimum atomic E-state index is -3.55. The van der Waals surface area contributed by atoms with E-state index in [1.807, 2.05) is 0 Å². The average Bonchev–Trinajstić information content (AvgIpc) is 2.39. The fourth-order valence-corrected chi connectivity index (χ4v) is 3.57. The molecule has 0 unspecified atom stereocenters. The molecule has 1 fully saturated rings. The first-order chi connectivity index (χ1) is 9.03. The summed E-state index contributed by atoms with van der Waals surface area (Å²) in [6, 6.07) is 4.33. The van der Waals surface area contributed by atoms with E-state index in [2.05, 4.69) is 4.72 Å². The second-order valence-corrected chi connectivity index (χ2v) is 6.43. The van der Waals surface area contributed by atoms with Crippen LogP contribution < -0.4 is 9.46 Å². The third-order valence-corrected chi connectivity index (χ3v) is 4.79. The summed E-state index contributed by atoms with van der Waals surface area (Å²) >= 11 is 5.94. The Morgan fingerprint density at radius 1 is 1.37 bits per heavy atom. The smallest absolute Gasteiger partial charge is 0.240 e. The largest absolute Gasteiger partial charge is 0.495 e. The van der Waals surface area contributed by atoms with Gasteiger partial charge in [-0.15, -0.1) is 0 Å². The zero-order chi connectivity index (χ0) is 13.9. The first kappa shape index (κ1) is 14.6. The van der Waals surface area contributed by atoms with Crippen LogP contribution in [0.3, 0.4) is 0 Å². The van der Waals surface area contributed by atoms with Crippen molar-refractivity contribution in [1.82, 2.24) is 4.72 Å². The van der Waals surface area contributed by atoms with Crippen molar-refractivity contribution in [2.45, 2.75) is 23.8 Å².